The van der Waals surface area contributed by atoms with Gasteiger partial charge in [-0.3, -0.25) is 0 Å². The molecule has 5 N–H and O–H groups in total. The van der Waals surface area contributed by atoms with Gasteiger partial charge in [-0.15, -0.1) is 0 Å². The average molecular weight is 164 g/mol. The molecular weight excluding hydrogens is 152 g/mol. The molecule has 0 bridgehead atoms. The summed E-state index contributed by atoms with van der Waals surface area (Å²) in [6, 6.07) is 3.71. The highest BCUT2D eigenvalue weighted by Crippen LogP contribution is 2.04. The first kappa shape index (κ1) is 8.70. The van der Waals surface area contributed by atoms with E-state index in [2.05, 4.69) is 10.4 Å². The van der Waals surface area contributed by atoms with Gasteiger partial charge in [-0.1, -0.05) is 12.2 Å². The van der Waals surface area contributed by atoms with E-state index in [0.717, 1.165) is 5.56 Å². The Kier molecular flexibility index (Phi) is 3.25. The molecule has 0 saturated heterocycles. The van der Waals surface area contributed by atoms with E-state index in [4.69, 9.17) is 11.6 Å². The Labute approximate surface area is 71.3 Å². The van der Waals surface area contributed by atoms with Crippen LogP contribution in [-0.2, 0) is 0 Å². The van der Waals surface area contributed by atoms with Crippen LogP contribution in [0, 0.1) is 0 Å². The standard InChI is InChI=1S/C8H12N4/c9-5-1-2-7-3-4-8(12-10)11-6-7/h1-4,6H,5,9-10H2,(H,11,12). The van der Waals surface area contributed by atoms with Gasteiger partial charge in [0.05, 0.1) is 0 Å². The molecule has 1 heterocycles. The van der Waals surface area contributed by atoms with Gasteiger partial charge in [0.15, 0.2) is 0 Å². The molecule has 1 rings (SSSR count). The van der Waals surface area contributed by atoms with E-state index in [1.165, 1.54) is 0 Å². The molecule has 0 spiro atoms. The fraction of sp³-hybridized carbons (Fsp3) is 0.125. The predicted molar refractivity (Wildman–Crippen MR) is 50.1 cm³/mol. The number of nitrogens with zero attached hydrogens (tertiary/aromatic N) is 1. The van der Waals surface area contributed by atoms with Gasteiger partial charge >= 0.3 is 0 Å². The highest BCUT2D eigenvalue weighted by molar-refractivity contribution is 5.50. The number of anilines is 1. The lowest BCUT2D eigenvalue weighted by Gasteiger charge is -1.97. The molecule has 0 aliphatic carbocycles. The summed E-state index contributed by atoms with van der Waals surface area (Å²) in [5, 5.41) is 0. The molecule has 4 nitrogen and oxygen atoms in total. The Bertz CT molecular complexity index is 252. The lowest BCUT2D eigenvalue weighted by Crippen LogP contribution is -2.07. The van der Waals surface area contributed by atoms with Gasteiger partial charge in [0.1, 0.15) is 5.82 Å². The van der Waals surface area contributed by atoms with Gasteiger partial charge in [-0.2, -0.15) is 0 Å². The van der Waals surface area contributed by atoms with Crippen LogP contribution in [0.3, 0.4) is 0 Å². The second kappa shape index (κ2) is 4.48. The molecule has 0 amide bonds. The summed E-state index contributed by atoms with van der Waals surface area (Å²) in [6.45, 7) is 0.539. The highest BCUT2D eigenvalue weighted by Gasteiger charge is 1.88. The topological polar surface area (TPSA) is 77.0 Å². The van der Waals surface area contributed by atoms with Crippen molar-refractivity contribution < 1.29 is 0 Å². The fourth-order valence-electron chi connectivity index (χ4n) is 0.793. The molecule has 64 valence electrons. The number of pyridine rings is 1. The third kappa shape index (κ3) is 2.34. The molecule has 12 heavy (non-hydrogen) atoms. The van der Waals surface area contributed by atoms with Gasteiger partial charge in [-0.25, -0.2) is 10.8 Å². The number of hydrogen-bond donors (Lipinski definition) is 3. The predicted octanol–water partition coefficient (Wildman–Crippen LogP) is 0.339. The molecule has 1 aromatic heterocycles. The van der Waals surface area contributed by atoms with Gasteiger partial charge in [0.2, 0.25) is 0 Å². The lowest BCUT2D eigenvalue weighted by molar-refractivity contribution is 1.22. The maximum Gasteiger partial charge on any atom is 0.139 e. The van der Waals surface area contributed by atoms with E-state index in [0.29, 0.717) is 12.4 Å². The first-order chi connectivity index (χ1) is 5.86. The molecule has 0 fully saturated rings. The number of nitrogen functional groups attached to an aromatic ring is 1. The zero-order chi connectivity index (χ0) is 8.81. The summed E-state index contributed by atoms with van der Waals surface area (Å²) >= 11 is 0. The van der Waals surface area contributed by atoms with E-state index in [1.54, 1.807) is 12.3 Å². The van der Waals surface area contributed by atoms with E-state index in [9.17, 15) is 0 Å². The van der Waals surface area contributed by atoms with Crippen molar-refractivity contribution in [3.63, 3.8) is 0 Å². The normalized spacial score (nSPS) is 10.5. The molecule has 0 aliphatic rings. The smallest absolute Gasteiger partial charge is 0.139 e. The first-order valence-corrected chi connectivity index (χ1v) is 3.66. The Morgan fingerprint density at radius 1 is 1.50 bits per heavy atom. The van der Waals surface area contributed by atoms with E-state index in [-0.39, 0.29) is 0 Å². The summed E-state index contributed by atoms with van der Waals surface area (Å²) in [5.41, 5.74) is 8.76. The van der Waals surface area contributed by atoms with Crippen LogP contribution >= 0.6 is 0 Å². The van der Waals surface area contributed by atoms with Crippen molar-refractivity contribution in [3.8, 4) is 0 Å². The minimum atomic E-state index is 0.539. The number of nitrogens with two attached hydrogens (primary N) is 2. The second-order valence-corrected chi connectivity index (χ2v) is 2.26. The molecule has 0 atom stereocenters. The van der Waals surface area contributed by atoms with E-state index >= 15 is 0 Å². The largest absolute Gasteiger partial charge is 0.327 e. The van der Waals surface area contributed by atoms with Crippen LogP contribution in [0.25, 0.3) is 6.08 Å². The number of aromatic nitrogens is 1. The second-order valence-electron chi connectivity index (χ2n) is 2.26. The van der Waals surface area contributed by atoms with Crippen LogP contribution in [0.2, 0.25) is 0 Å². The summed E-state index contributed by atoms with van der Waals surface area (Å²) in [5.74, 6) is 5.80. The minimum absolute atomic E-state index is 0.539. The maximum atomic E-state index is 5.29. The SMILES string of the molecule is NCC=Cc1ccc(NN)nc1. The van der Waals surface area contributed by atoms with Crippen molar-refractivity contribution >= 4 is 11.9 Å². The average Bonchev–Trinajstić information content (AvgIpc) is 2.15. The summed E-state index contributed by atoms with van der Waals surface area (Å²) < 4.78 is 0. The highest BCUT2D eigenvalue weighted by atomic mass is 15.2. The monoisotopic (exact) mass is 164 g/mol. The first-order valence-electron chi connectivity index (χ1n) is 3.66. The van der Waals surface area contributed by atoms with Crippen LogP contribution in [0.5, 0.6) is 0 Å². The molecule has 0 saturated carbocycles. The quantitative estimate of drug-likeness (QED) is 0.444. The number of hydrogen-bond acceptors (Lipinski definition) is 4. The maximum absolute atomic E-state index is 5.29. The van der Waals surface area contributed by atoms with Crippen molar-refractivity contribution in [2.75, 3.05) is 12.0 Å². The van der Waals surface area contributed by atoms with Crippen LogP contribution < -0.4 is 17.0 Å². The zero-order valence-electron chi connectivity index (χ0n) is 6.70. The zero-order valence-corrected chi connectivity index (χ0v) is 6.70. The molecule has 4 heteroatoms. The van der Waals surface area contributed by atoms with Crippen molar-refractivity contribution in [2.45, 2.75) is 0 Å². The van der Waals surface area contributed by atoms with Crippen molar-refractivity contribution in [1.29, 1.82) is 0 Å². The van der Waals surface area contributed by atoms with E-state index in [1.807, 2.05) is 18.2 Å². The minimum Gasteiger partial charge on any atom is -0.327 e. The van der Waals surface area contributed by atoms with Crippen LogP contribution in [0.4, 0.5) is 5.82 Å². The number of rotatable bonds is 3. The Morgan fingerprint density at radius 3 is 2.83 bits per heavy atom. The van der Waals surface area contributed by atoms with Crippen molar-refractivity contribution in [3.05, 3.63) is 30.0 Å². The Hall–Kier alpha value is -1.39. The Balaban J connectivity index is 2.71. The molecule has 1 aromatic rings. The Morgan fingerprint density at radius 2 is 2.33 bits per heavy atom. The summed E-state index contributed by atoms with van der Waals surface area (Å²) in [4.78, 5) is 4.02. The fourth-order valence-corrected chi connectivity index (χ4v) is 0.793. The third-order valence-electron chi connectivity index (χ3n) is 1.38. The van der Waals surface area contributed by atoms with Crippen LogP contribution in [0.15, 0.2) is 24.4 Å². The van der Waals surface area contributed by atoms with E-state index < -0.39 is 0 Å². The lowest BCUT2D eigenvalue weighted by atomic mass is 10.2. The van der Waals surface area contributed by atoms with Gasteiger partial charge < -0.3 is 11.2 Å². The number of nitrogens with one attached hydrogen (secondary N) is 1. The van der Waals surface area contributed by atoms with Gasteiger partial charge in [0.25, 0.3) is 0 Å². The molecule has 0 aliphatic heterocycles. The van der Waals surface area contributed by atoms with Crippen molar-refractivity contribution in [1.82, 2.24) is 4.98 Å². The molecule has 0 unspecified atom stereocenters. The number of hydrazine groups is 1. The summed E-state index contributed by atoms with van der Waals surface area (Å²) in [6.07, 6.45) is 5.50. The van der Waals surface area contributed by atoms with Crippen LogP contribution in [-0.4, -0.2) is 11.5 Å². The molecule has 0 radical (unpaired) electrons. The van der Waals surface area contributed by atoms with Gasteiger partial charge in [0, 0.05) is 12.7 Å². The molecule has 0 aromatic carbocycles. The molecular formula is C8H12N4. The third-order valence-corrected chi connectivity index (χ3v) is 1.38. The van der Waals surface area contributed by atoms with Gasteiger partial charge in [-0.05, 0) is 17.7 Å². The van der Waals surface area contributed by atoms with Crippen LogP contribution in [0.1, 0.15) is 5.56 Å². The summed E-state index contributed by atoms with van der Waals surface area (Å²) in [7, 11) is 0. The van der Waals surface area contributed by atoms with Crippen molar-refractivity contribution in [2.24, 2.45) is 11.6 Å².